The monoisotopic (exact) mass is 374 g/mol. The van der Waals surface area contributed by atoms with E-state index >= 15 is 0 Å². The van der Waals surface area contributed by atoms with Crippen LogP contribution in [0.15, 0.2) is 29.6 Å². The highest BCUT2D eigenvalue weighted by Crippen LogP contribution is 2.42. The second-order valence-corrected chi connectivity index (χ2v) is 7.86. The topological polar surface area (TPSA) is 33.7 Å². The zero-order valence-electron chi connectivity index (χ0n) is 14.5. The van der Waals surface area contributed by atoms with Gasteiger partial charge in [-0.15, -0.1) is 11.3 Å². The van der Waals surface area contributed by atoms with Crippen molar-refractivity contribution >= 4 is 28.7 Å². The fraction of sp³-hybridized carbons (Fsp3) is 0.421. The van der Waals surface area contributed by atoms with Gasteiger partial charge in [0, 0.05) is 17.5 Å². The van der Waals surface area contributed by atoms with Crippen LogP contribution in [0.2, 0.25) is 0 Å². The van der Waals surface area contributed by atoms with Crippen LogP contribution in [0.3, 0.4) is 0 Å². The summed E-state index contributed by atoms with van der Waals surface area (Å²) in [7, 11) is 3.37. The number of benzene rings is 1. The van der Waals surface area contributed by atoms with Crippen LogP contribution in [0, 0.1) is 0 Å². The first-order chi connectivity index (χ1) is 12.2. The van der Waals surface area contributed by atoms with Crippen molar-refractivity contribution in [2.24, 2.45) is 0 Å². The average molecular weight is 375 g/mol. The van der Waals surface area contributed by atoms with Gasteiger partial charge >= 0.3 is 0 Å². The molecule has 4 rings (SSSR count). The molecule has 132 valence electrons. The van der Waals surface area contributed by atoms with Gasteiger partial charge in [-0.25, -0.2) is 0 Å². The molecule has 1 aliphatic heterocycles. The van der Waals surface area contributed by atoms with Crippen LogP contribution in [0.1, 0.15) is 34.9 Å². The number of methoxy groups -OCH3 is 2. The normalized spacial score (nSPS) is 19.3. The molecular formula is C19H22N2O2S2. The van der Waals surface area contributed by atoms with E-state index in [1.807, 2.05) is 0 Å². The Morgan fingerprint density at radius 3 is 2.64 bits per heavy atom. The molecule has 0 bridgehead atoms. The van der Waals surface area contributed by atoms with Gasteiger partial charge in [0.15, 0.2) is 16.6 Å². The Labute approximate surface area is 157 Å². The Hall–Kier alpha value is -1.79. The molecular weight excluding hydrogens is 352 g/mol. The zero-order valence-corrected chi connectivity index (χ0v) is 16.1. The summed E-state index contributed by atoms with van der Waals surface area (Å²) in [6.07, 6.45) is 3.39. The van der Waals surface area contributed by atoms with E-state index in [4.69, 9.17) is 21.7 Å². The first-order valence-electron chi connectivity index (χ1n) is 8.56. The van der Waals surface area contributed by atoms with Gasteiger partial charge in [0.05, 0.1) is 20.3 Å². The Balaban J connectivity index is 1.76. The van der Waals surface area contributed by atoms with Crippen LogP contribution >= 0.6 is 23.6 Å². The summed E-state index contributed by atoms with van der Waals surface area (Å²) in [6, 6.07) is 9.21. The summed E-state index contributed by atoms with van der Waals surface area (Å²) in [5, 5.41) is 6.49. The minimum absolute atomic E-state index is 0.127. The minimum Gasteiger partial charge on any atom is -0.493 e. The van der Waals surface area contributed by atoms with Gasteiger partial charge in [-0.05, 0) is 66.2 Å². The smallest absolute Gasteiger partial charge is 0.169 e. The van der Waals surface area contributed by atoms with Crippen molar-refractivity contribution in [2.45, 2.75) is 31.3 Å². The number of fused-ring (bicyclic) bond motifs is 1. The predicted octanol–water partition coefficient (Wildman–Crippen LogP) is 3.75. The van der Waals surface area contributed by atoms with Gasteiger partial charge in [-0.2, -0.15) is 0 Å². The van der Waals surface area contributed by atoms with E-state index in [2.05, 4.69) is 39.9 Å². The molecule has 1 atom stereocenters. The number of hydrogen-bond donors (Lipinski definition) is 1. The lowest BCUT2D eigenvalue weighted by Gasteiger charge is -2.39. The molecule has 2 aliphatic rings. The molecule has 1 N–H and O–H groups in total. The fourth-order valence-corrected chi connectivity index (χ4v) is 4.62. The highest BCUT2D eigenvalue weighted by Gasteiger charge is 2.34. The van der Waals surface area contributed by atoms with E-state index < -0.39 is 0 Å². The van der Waals surface area contributed by atoms with Crippen molar-refractivity contribution in [1.82, 2.24) is 10.2 Å². The van der Waals surface area contributed by atoms with Crippen molar-refractivity contribution in [2.75, 3.05) is 20.8 Å². The van der Waals surface area contributed by atoms with Crippen molar-refractivity contribution < 1.29 is 9.47 Å². The second kappa shape index (κ2) is 6.84. The number of nitrogens with one attached hydrogen (secondary N) is 1. The van der Waals surface area contributed by atoms with E-state index in [1.54, 1.807) is 25.6 Å². The van der Waals surface area contributed by atoms with Crippen LogP contribution in [0.4, 0.5) is 0 Å². The zero-order chi connectivity index (χ0) is 17.4. The highest BCUT2D eigenvalue weighted by atomic mass is 32.1. The maximum Gasteiger partial charge on any atom is 0.169 e. The third kappa shape index (κ3) is 3.20. The van der Waals surface area contributed by atoms with Gasteiger partial charge in [-0.1, -0.05) is 6.07 Å². The quantitative estimate of drug-likeness (QED) is 0.825. The predicted molar refractivity (Wildman–Crippen MR) is 105 cm³/mol. The minimum atomic E-state index is 0.127. The Bertz CT molecular complexity index is 772. The molecule has 0 saturated heterocycles. The summed E-state index contributed by atoms with van der Waals surface area (Å²) in [6.45, 7) is 0.906. The lowest BCUT2D eigenvalue weighted by atomic mass is 9.91. The maximum absolute atomic E-state index is 5.74. The first kappa shape index (κ1) is 16.7. The van der Waals surface area contributed by atoms with Crippen LogP contribution < -0.4 is 14.8 Å². The van der Waals surface area contributed by atoms with E-state index in [0.29, 0.717) is 6.04 Å². The standard InChI is InChI=1S/C19H22N2O2S2/c1-22-15-10-12-7-8-21(19(24)20-13-5-6-13)18(17-4-3-9-25-17)14(12)11-16(15)23-2/h3-4,9-11,13,18H,5-8H2,1-2H3,(H,20,24)/t18-/m0/s1. The molecule has 2 aromatic rings. The second-order valence-electron chi connectivity index (χ2n) is 6.49. The van der Waals surface area contributed by atoms with Crippen LogP contribution in [-0.2, 0) is 6.42 Å². The number of hydrogen-bond acceptors (Lipinski definition) is 4. The van der Waals surface area contributed by atoms with Crippen molar-refractivity contribution in [3.8, 4) is 11.5 Å². The fourth-order valence-electron chi connectivity index (χ4n) is 3.40. The van der Waals surface area contributed by atoms with E-state index in [1.165, 1.54) is 28.8 Å². The van der Waals surface area contributed by atoms with Gasteiger partial charge in [0.25, 0.3) is 0 Å². The third-order valence-corrected chi connectivity index (χ3v) is 6.13. The SMILES string of the molecule is COc1cc2c(cc1OC)[C@@H](c1cccs1)N(C(=S)NC1CC1)CC2. The maximum atomic E-state index is 5.74. The Morgan fingerprint density at radius 1 is 1.24 bits per heavy atom. The molecule has 1 aromatic heterocycles. The van der Waals surface area contributed by atoms with Crippen LogP contribution in [0.25, 0.3) is 0 Å². The third-order valence-electron chi connectivity index (χ3n) is 4.85. The molecule has 1 aromatic carbocycles. The van der Waals surface area contributed by atoms with Crippen molar-refractivity contribution in [3.63, 3.8) is 0 Å². The molecule has 1 aliphatic carbocycles. The number of ether oxygens (including phenoxy) is 2. The molecule has 2 heterocycles. The molecule has 1 saturated carbocycles. The summed E-state index contributed by atoms with van der Waals surface area (Å²) < 4.78 is 11.0. The van der Waals surface area contributed by atoms with Crippen molar-refractivity contribution in [1.29, 1.82) is 0 Å². The van der Waals surface area contributed by atoms with Gasteiger partial charge in [0.1, 0.15) is 0 Å². The number of rotatable bonds is 4. The van der Waals surface area contributed by atoms with E-state index in [0.717, 1.165) is 29.6 Å². The number of thiophene rings is 1. The van der Waals surface area contributed by atoms with Crippen molar-refractivity contribution in [3.05, 3.63) is 45.6 Å². The molecule has 4 nitrogen and oxygen atoms in total. The summed E-state index contributed by atoms with van der Waals surface area (Å²) in [5.74, 6) is 1.56. The largest absolute Gasteiger partial charge is 0.493 e. The number of thiocarbonyl (C=S) groups is 1. The Morgan fingerprint density at radius 2 is 2.00 bits per heavy atom. The lowest BCUT2D eigenvalue weighted by Crippen LogP contribution is -2.46. The van der Waals surface area contributed by atoms with Crippen LogP contribution in [0.5, 0.6) is 11.5 Å². The summed E-state index contributed by atoms with van der Waals surface area (Å²) in [5.41, 5.74) is 2.56. The molecule has 6 heteroatoms. The molecule has 25 heavy (non-hydrogen) atoms. The molecule has 0 spiro atoms. The lowest BCUT2D eigenvalue weighted by molar-refractivity contribution is 0.326. The van der Waals surface area contributed by atoms with Crippen LogP contribution in [-0.4, -0.2) is 36.8 Å². The van der Waals surface area contributed by atoms with Gasteiger partial charge in [0.2, 0.25) is 0 Å². The molecule has 0 radical (unpaired) electrons. The van der Waals surface area contributed by atoms with Gasteiger partial charge in [-0.3, -0.25) is 0 Å². The summed E-state index contributed by atoms with van der Waals surface area (Å²) >= 11 is 7.51. The molecule has 0 unspecified atom stereocenters. The van der Waals surface area contributed by atoms with E-state index in [9.17, 15) is 0 Å². The first-order valence-corrected chi connectivity index (χ1v) is 9.85. The molecule has 0 amide bonds. The summed E-state index contributed by atoms with van der Waals surface area (Å²) in [4.78, 5) is 3.63. The number of nitrogens with zero attached hydrogens (tertiary/aromatic N) is 1. The highest BCUT2D eigenvalue weighted by molar-refractivity contribution is 7.80. The van der Waals surface area contributed by atoms with E-state index in [-0.39, 0.29) is 6.04 Å². The average Bonchev–Trinajstić information content (AvgIpc) is 3.28. The Kier molecular flexibility index (Phi) is 4.56. The molecule has 1 fully saturated rings. The van der Waals surface area contributed by atoms with Gasteiger partial charge < -0.3 is 19.7 Å².